The molecule has 2 amide bonds. The number of hydrogen-bond donors (Lipinski definition) is 1. The van der Waals surface area contributed by atoms with Gasteiger partial charge in [0.2, 0.25) is 16.0 Å². The highest BCUT2D eigenvalue weighted by Gasteiger charge is 2.56. The van der Waals surface area contributed by atoms with Crippen LogP contribution >= 0.6 is 11.8 Å². The highest BCUT2D eigenvalue weighted by atomic mass is 32.2. The van der Waals surface area contributed by atoms with E-state index < -0.39 is 21.2 Å². The van der Waals surface area contributed by atoms with Crippen molar-refractivity contribution in [2.75, 3.05) is 62.3 Å². The molecule has 11 nitrogen and oxygen atoms in total. The molecule has 5 heterocycles. The van der Waals surface area contributed by atoms with Crippen LogP contribution in [0, 0.1) is 5.41 Å². The van der Waals surface area contributed by atoms with Gasteiger partial charge in [0.15, 0.2) is 0 Å². The first kappa shape index (κ1) is 23.4. The second-order valence-electron chi connectivity index (χ2n) is 9.34. The number of nitrogens with one attached hydrogen (secondary N) is 1. The molecular formula is C23H24N6O5S2. The van der Waals surface area contributed by atoms with Crippen molar-refractivity contribution in [2.45, 2.75) is 4.90 Å². The molecular weight excluding hydrogens is 504 g/mol. The van der Waals surface area contributed by atoms with Crippen molar-refractivity contribution < 1.29 is 22.7 Å². The van der Waals surface area contributed by atoms with E-state index in [4.69, 9.17) is 9.72 Å². The number of amides is 2. The SMILES string of the molecule is O=C1NC(=O)/C(=C\c2cc(N3CCOCC3)nc(N3CC4(C3)CN(S(=O)(=O)c3ccccc3)C4)n2)S1. The maximum absolute atomic E-state index is 12.9. The van der Waals surface area contributed by atoms with Gasteiger partial charge >= 0.3 is 0 Å². The molecule has 6 rings (SSSR count). The molecule has 1 aromatic carbocycles. The summed E-state index contributed by atoms with van der Waals surface area (Å²) in [4.78, 5) is 37.8. The average Bonchev–Trinajstić information content (AvgIpc) is 3.14. The molecule has 2 aromatic rings. The summed E-state index contributed by atoms with van der Waals surface area (Å²) in [6, 6.07) is 10.3. The van der Waals surface area contributed by atoms with Crippen molar-refractivity contribution >= 4 is 50.8 Å². The second kappa shape index (κ2) is 8.83. The number of carbonyl (C=O) groups is 2. The third-order valence-corrected chi connectivity index (χ3v) is 9.33. The lowest BCUT2D eigenvalue weighted by Gasteiger charge is -2.59. The summed E-state index contributed by atoms with van der Waals surface area (Å²) < 4.78 is 32.7. The predicted molar refractivity (Wildman–Crippen MR) is 134 cm³/mol. The number of morpholine rings is 1. The van der Waals surface area contributed by atoms with Gasteiger partial charge in [0.25, 0.3) is 11.1 Å². The summed E-state index contributed by atoms with van der Waals surface area (Å²) in [5, 5.41) is 1.86. The number of anilines is 2. The molecule has 13 heteroatoms. The van der Waals surface area contributed by atoms with E-state index in [9.17, 15) is 18.0 Å². The molecule has 0 unspecified atom stereocenters. The van der Waals surface area contributed by atoms with Gasteiger partial charge in [-0.05, 0) is 30.0 Å². The molecule has 36 heavy (non-hydrogen) atoms. The van der Waals surface area contributed by atoms with Crippen LogP contribution in [0.25, 0.3) is 6.08 Å². The Kier molecular flexibility index (Phi) is 5.74. The van der Waals surface area contributed by atoms with Crippen LogP contribution in [0.4, 0.5) is 16.6 Å². The van der Waals surface area contributed by atoms with Gasteiger partial charge in [-0.3, -0.25) is 14.9 Å². The fraction of sp³-hybridized carbons (Fsp3) is 0.391. The summed E-state index contributed by atoms with van der Waals surface area (Å²) in [6.07, 6.45) is 1.60. The van der Waals surface area contributed by atoms with Crippen LogP contribution in [0.15, 0.2) is 46.2 Å². The molecule has 0 saturated carbocycles. The number of rotatable bonds is 5. The number of nitrogens with zero attached hydrogens (tertiary/aromatic N) is 5. The van der Waals surface area contributed by atoms with Crippen molar-refractivity contribution in [3.8, 4) is 0 Å². The minimum absolute atomic E-state index is 0.119. The van der Waals surface area contributed by atoms with Crippen molar-refractivity contribution in [3.05, 3.63) is 47.0 Å². The van der Waals surface area contributed by atoms with E-state index in [1.54, 1.807) is 36.4 Å². The average molecular weight is 529 g/mol. The Bertz CT molecular complexity index is 1350. The van der Waals surface area contributed by atoms with Crippen molar-refractivity contribution in [2.24, 2.45) is 5.41 Å². The van der Waals surface area contributed by atoms with Crippen LogP contribution in [-0.2, 0) is 19.6 Å². The van der Waals surface area contributed by atoms with Crippen LogP contribution in [-0.4, -0.2) is 86.3 Å². The first-order valence-corrected chi connectivity index (χ1v) is 13.8. The maximum atomic E-state index is 12.9. The number of aromatic nitrogens is 2. The number of hydrogen-bond acceptors (Lipinski definition) is 10. The van der Waals surface area contributed by atoms with E-state index in [0.717, 1.165) is 17.6 Å². The molecule has 0 bridgehead atoms. The number of imide groups is 1. The Morgan fingerprint density at radius 3 is 2.39 bits per heavy atom. The Morgan fingerprint density at radius 1 is 1.00 bits per heavy atom. The third kappa shape index (κ3) is 4.25. The van der Waals surface area contributed by atoms with Crippen molar-refractivity contribution in [3.63, 3.8) is 0 Å². The molecule has 4 fully saturated rings. The Hall–Kier alpha value is -3.00. The van der Waals surface area contributed by atoms with E-state index in [-0.39, 0.29) is 5.41 Å². The second-order valence-corrected chi connectivity index (χ2v) is 12.3. The van der Waals surface area contributed by atoms with Crippen molar-refractivity contribution in [1.29, 1.82) is 0 Å². The molecule has 4 aliphatic rings. The summed E-state index contributed by atoms with van der Waals surface area (Å²) in [6.45, 7) is 4.78. The van der Waals surface area contributed by atoms with Gasteiger partial charge in [-0.25, -0.2) is 13.4 Å². The summed E-state index contributed by atoms with van der Waals surface area (Å²) in [7, 11) is -3.49. The normalized spacial score (nSPS) is 23.1. The number of sulfonamides is 1. The van der Waals surface area contributed by atoms with Crippen molar-refractivity contribution in [1.82, 2.24) is 19.6 Å². The van der Waals surface area contributed by atoms with Crippen LogP contribution in [0.1, 0.15) is 5.69 Å². The van der Waals surface area contributed by atoms with Crippen LogP contribution in [0.2, 0.25) is 0 Å². The smallest absolute Gasteiger partial charge is 0.290 e. The zero-order chi connectivity index (χ0) is 24.9. The fourth-order valence-corrected chi connectivity index (χ4v) is 7.24. The lowest BCUT2D eigenvalue weighted by atomic mass is 9.74. The van der Waals surface area contributed by atoms with Gasteiger partial charge in [-0.1, -0.05) is 18.2 Å². The molecule has 0 radical (unpaired) electrons. The maximum Gasteiger partial charge on any atom is 0.290 e. The predicted octanol–water partition coefficient (Wildman–Crippen LogP) is 1.15. The van der Waals surface area contributed by atoms with Crippen LogP contribution < -0.4 is 15.1 Å². The van der Waals surface area contributed by atoms with Gasteiger partial charge in [-0.2, -0.15) is 9.29 Å². The number of ether oxygens (including phenoxy) is 1. The van der Waals surface area contributed by atoms with E-state index in [0.29, 0.717) is 73.9 Å². The quantitative estimate of drug-likeness (QED) is 0.565. The number of thioether (sulfide) groups is 1. The van der Waals surface area contributed by atoms with Gasteiger partial charge in [0.05, 0.1) is 28.7 Å². The Morgan fingerprint density at radius 2 is 1.72 bits per heavy atom. The Labute approximate surface area is 212 Å². The molecule has 188 valence electrons. The molecule has 0 aliphatic carbocycles. The third-order valence-electron chi connectivity index (χ3n) is 6.72. The summed E-state index contributed by atoms with van der Waals surface area (Å²) >= 11 is 0.849. The van der Waals surface area contributed by atoms with E-state index in [2.05, 4.69) is 15.2 Å². The van der Waals surface area contributed by atoms with Gasteiger partial charge in [0, 0.05) is 50.7 Å². The fourth-order valence-electron chi connectivity index (χ4n) is 4.88. The standard InChI is InChI=1S/C23H24N6O5S2/c30-20-18(35-22(31)26-20)10-16-11-19(27-6-8-34-9-7-27)25-21(24-16)28-12-23(13-28)14-29(15-23)36(32,33)17-4-2-1-3-5-17/h1-5,10-11H,6-9,12-15H2,(H,26,30,31)/b18-10+. The Balaban J connectivity index is 1.20. The van der Waals surface area contributed by atoms with E-state index in [1.165, 1.54) is 4.31 Å². The molecule has 0 atom stereocenters. The minimum Gasteiger partial charge on any atom is -0.378 e. The van der Waals surface area contributed by atoms with Crippen LogP contribution in [0.5, 0.6) is 0 Å². The first-order chi connectivity index (χ1) is 17.3. The first-order valence-electron chi connectivity index (χ1n) is 11.6. The topological polar surface area (TPSA) is 125 Å². The highest BCUT2D eigenvalue weighted by molar-refractivity contribution is 8.18. The number of carbonyl (C=O) groups excluding carboxylic acids is 2. The van der Waals surface area contributed by atoms with E-state index in [1.807, 2.05) is 11.0 Å². The largest absolute Gasteiger partial charge is 0.378 e. The molecule has 1 N–H and O–H groups in total. The van der Waals surface area contributed by atoms with Gasteiger partial charge < -0.3 is 14.5 Å². The van der Waals surface area contributed by atoms with Gasteiger partial charge in [-0.15, -0.1) is 0 Å². The highest BCUT2D eigenvalue weighted by Crippen LogP contribution is 2.43. The van der Waals surface area contributed by atoms with Crippen LogP contribution in [0.3, 0.4) is 0 Å². The summed E-state index contributed by atoms with van der Waals surface area (Å²) in [5.74, 6) is 0.818. The van der Waals surface area contributed by atoms with E-state index >= 15 is 0 Å². The van der Waals surface area contributed by atoms with Gasteiger partial charge in [0.1, 0.15) is 5.82 Å². The lowest BCUT2D eigenvalue weighted by molar-refractivity contribution is -0.115. The molecule has 4 saturated heterocycles. The molecule has 4 aliphatic heterocycles. The monoisotopic (exact) mass is 528 g/mol. The molecule has 1 spiro atoms. The molecule has 1 aromatic heterocycles. The number of benzene rings is 1. The minimum atomic E-state index is -3.49. The zero-order valence-corrected chi connectivity index (χ0v) is 20.9. The lowest BCUT2D eigenvalue weighted by Crippen LogP contribution is -2.73. The zero-order valence-electron chi connectivity index (χ0n) is 19.3. The summed E-state index contributed by atoms with van der Waals surface area (Å²) in [5.41, 5.74) is 0.420.